The molecule has 104 valence electrons. The van der Waals surface area contributed by atoms with E-state index in [0.29, 0.717) is 16.9 Å². The molecule has 2 aromatic carbocycles. The third kappa shape index (κ3) is 4.18. The zero-order valence-corrected chi connectivity index (χ0v) is 11.2. The van der Waals surface area contributed by atoms with Crippen LogP contribution in [-0.4, -0.2) is 11.8 Å². The second-order valence-electron chi connectivity index (χ2n) is 4.28. The monoisotopic (exact) mass is 279 g/mol. The third-order valence-corrected chi connectivity index (χ3v) is 2.68. The van der Waals surface area contributed by atoms with Crippen molar-refractivity contribution in [2.75, 3.05) is 10.6 Å². The van der Waals surface area contributed by atoms with Crippen LogP contribution in [0.3, 0.4) is 0 Å². The van der Waals surface area contributed by atoms with Gasteiger partial charge in [-0.1, -0.05) is 24.3 Å². The molecule has 0 aliphatic heterocycles. The Bertz CT molecular complexity index is 690. The Morgan fingerprint density at radius 2 is 1.67 bits per heavy atom. The first kappa shape index (κ1) is 14.3. The van der Waals surface area contributed by atoms with Gasteiger partial charge in [0, 0.05) is 16.9 Å². The van der Waals surface area contributed by atoms with Crippen LogP contribution in [0, 0.1) is 11.3 Å². The minimum Gasteiger partial charge on any atom is -0.325 e. The molecule has 0 heterocycles. The van der Waals surface area contributed by atoms with Gasteiger partial charge in [-0.25, -0.2) is 0 Å². The summed E-state index contributed by atoms with van der Waals surface area (Å²) < 4.78 is 0. The summed E-state index contributed by atoms with van der Waals surface area (Å²) in [6.07, 6.45) is -0.222. The van der Waals surface area contributed by atoms with E-state index in [1.807, 2.05) is 18.2 Å². The van der Waals surface area contributed by atoms with Gasteiger partial charge in [0.05, 0.1) is 6.07 Å². The molecule has 0 radical (unpaired) electrons. The fourth-order valence-corrected chi connectivity index (χ4v) is 1.74. The lowest BCUT2D eigenvalue weighted by molar-refractivity contribution is -0.115. The zero-order chi connectivity index (χ0) is 15.1. The van der Waals surface area contributed by atoms with Gasteiger partial charge in [0.15, 0.2) is 0 Å². The van der Waals surface area contributed by atoms with Gasteiger partial charge in [0.25, 0.3) is 5.91 Å². The Morgan fingerprint density at radius 3 is 2.38 bits per heavy atom. The molecule has 5 nitrogen and oxygen atoms in total. The molecule has 2 aromatic rings. The summed E-state index contributed by atoms with van der Waals surface area (Å²) in [6.45, 7) is 0. The molecular weight excluding hydrogens is 266 g/mol. The van der Waals surface area contributed by atoms with Crippen molar-refractivity contribution >= 4 is 23.2 Å². The first-order valence-electron chi connectivity index (χ1n) is 6.32. The highest BCUT2D eigenvalue weighted by Crippen LogP contribution is 2.13. The van der Waals surface area contributed by atoms with Crippen LogP contribution in [0.25, 0.3) is 0 Å². The maximum atomic E-state index is 12.1. The summed E-state index contributed by atoms with van der Waals surface area (Å²) in [5.74, 6) is -0.671. The Balaban J connectivity index is 2.08. The van der Waals surface area contributed by atoms with Gasteiger partial charge in [0.2, 0.25) is 5.91 Å². The van der Waals surface area contributed by atoms with Crippen LogP contribution in [0.15, 0.2) is 54.6 Å². The minimum absolute atomic E-state index is 0.222. The van der Waals surface area contributed by atoms with Crippen molar-refractivity contribution < 1.29 is 9.59 Å². The second kappa shape index (κ2) is 6.87. The molecule has 2 rings (SSSR count). The highest BCUT2D eigenvalue weighted by molar-refractivity contribution is 6.05. The second-order valence-corrected chi connectivity index (χ2v) is 4.28. The summed E-state index contributed by atoms with van der Waals surface area (Å²) in [5.41, 5.74) is 1.60. The van der Waals surface area contributed by atoms with Crippen LogP contribution >= 0.6 is 0 Å². The van der Waals surface area contributed by atoms with Gasteiger partial charge in [-0.05, 0) is 30.3 Å². The summed E-state index contributed by atoms with van der Waals surface area (Å²) in [4.78, 5) is 23.5. The Hall–Kier alpha value is -3.13. The summed E-state index contributed by atoms with van der Waals surface area (Å²) in [6, 6.07) is 17.4. The van der Waals surface area contributed by atoms with Crippen molar-refractivity contribution in [2.45, 2.75) is 6.42 Å². The van der Waals surface area contributed by atoms with E-state index in [1.165, 1.54) is 0 Å². The van der Waals surface area contributed by atoms with Gasteiger partial charge in [-0.15, -0.1) is 0 Å². The van der Waals surface area contributed by atoms with E-state index in [2.05, 4.69) is 10.6 Å². The van der Waals surface area contributed by atoms with Crippen molar-refractivity contribution in [3.63, 3.8) is 0 Å². The van der Waals surface area contributed by atoms with Gasteiger partial charge in [-0.3, -0.25) is 9.59 Å². The van der Waals surface area contributed by atoms with Crippen molar-refractivity contribution in [3.05, 3.63) is 60.2 Å². The predicted molar refractivity (Wildman–Crippen MR) is 79.7 cm³/mol. The molecule has 0 bridgehead atoms. The van der Waals surface area contributed by atoms with Crippen LogP contribution in [0.1, 0.15) is 16.8 Å². The lowest BCUT2D eigenvalue weighted by atomic mass is 10.1. The lowest BCUT2D eigenvalue weighted by Gasteiger charge is -2.07. The van der Waals surface area contributed by atoms with E-state index in [1.54, 1.807) is 42.5 Å². The van der Waals surface area contributed by atoms with Crippen molar-refractivity contribution in [1.29, 1.82) is 5.26 Å². The van der Waals surface area contributed by atoms with E-state index in [0.717, 1.165) is 0 Å². The summed E-state index contributed by atoms with van der Waals surface area (Å²) in [5, 5.41) is 13.8. The Morgan fingerprint density at radius 1 is 0.952 bits per heavy atom. The first-order valence-corrected chi connectivity index (χ1v) is 6.32. The van der Waals surface area contributed by atoms with E-state index < -0.39 is 5.91 Å². The number of benzene rings is 2. The largest absolute Gasteiger partial charge is 0.325 e. The number of nitrogens with one attached hydrogen (secondary N) is 2. The van der Waals surface area contributed by atoms with Crippen molar-refractivity contribution in [3.8, 4) is 6.07 Å². The fraction of sp³-hybridized carbons (Fsp3) is 0.0625. The minimum atomic E-state index is -0.405. The van der Waals surface area contributed by atoms with Crippen molar-refractivity contribution in [1.82, 2.24) is 0 Å². The number of carbonyl (C=O) groups is 2. The molecule has 0 unspecified atom stereocenters. The van der Waals surface area contributed by atoms with Crippen molar-refractivity contribution in [2.24, 2.45) is 0 Å². The predicted octanol–water partition coefficient (Wildman–Crippen LogP) is 2.79. The lowest BCUT2D eigenvalue weighted by Crippen LogP contribution is -2.14. The standard InChI is InChI=1S/C16H13N3O2/c17-10-9-15(20)18-14-8-4-5-12(11-14)16(21)19-13-6-2-1-3-7-13/h1-8,11H,9H2,(H,18,20)(H,19,21). The normalized spacial score (nSPS) is 9.48. The average molecular weight is 279 g/mol. The number of hydrogen-bond donors (Lipinski definition) is 2. The third-order valence-electron chi connectivity index (χ3n) is 2.68. The smallest absolute Gasteiger partial charge is 0.255 e. The molecule has 5 heteroatoms. The molecule has 21 heavy (non-hydrogen) atoms. The van der Waals surface area contributed by atoms with E-state index in [9.17, 15) is 9.59 Å². The number of amides is 2. The number of hydrogen-bond acceptors (Lipinski definition) is 3. The molecule has 0 fully saturated rings. The molecule has 0 spiro atoms. The first-order chi connectivity index (χ1) is 10.2. The van der Waals surface area contributed by atoms with Crippen LogP contribution in [-0.2, 0) is 4.79 Å². The Labute approximate surface area is 122 Å². The van der Waals surface area contributed by atoms with Crippen LogP contribution in [0.2, 0.25) is 0 Å². The number of carbonyl (C=O) groups excluding carboxylic acids is 2. The highest BCUT2D eigenvalue weighted by atomic mass is 16.2. The summed E-state index contributed by atoms with van der Waals surface area (Å²) in [7, 11) is 0. The number of anilines is 2. The highest BCUT2D eigenvalue weighted by Gasteiger charge is 2.08. The number of para-hydroxylation sites is 1. The van der Waals surface area contributed by atoms with E-state index in [4.69, 9.17) is 5.26 Å². The van der Waals surface area contributed by atoms with Crippen LogP contribution < -0.4 is 10.6 Å². The summed E-state index contributed by atoms with van der Waals surface area (Å²) >= 11 is 0. The van der Waals surface area contributed by atoms with Crippen LogP contribution in [0.4, 0.5) is 11.4 Å². The van der Waals surface area contributed by atoms with Crippen LogP contribution in [0.5, 0.6) is 0 Å². The molecule has 0 aliphatic rings. The molecular formula is C16H13N3O2. The maximum absolute atomic E-state index is 12.1. The zero-order valence-electron chi connectivity index (χ0n) is 11.2. The molecule has 0 saturated heterocycles. The average Bonchev–Trinajstić information content (AvgIpc) is 2.48. The van der Waals surface area contributed by atoms with E-state index in [-0.39, 0.29) is 12.3 Å². The molecule has 0 aliphatic carbocycles. The molecule has 2 amide bonds. The molecule has 0 atom stereocenters. The molecule has 2 N–H and O–H groups in total. The Kier molecular flexibility index (Phi) is 4.67. The SMILES string of the molecule is N#CCC(=O)Nc1cccc(C(=O)Nc2ccccc2)c1. The van der Waals surface area contributed by atoms with Gasteiger partial charge < -0.3 is 10.6 Å². The number of nitrogens with zero attached hydrogens (tertiary/aromatic N) is 1. The maximum Gasteiger partial charge on any atom is 0.255 e. The molecule has 0 aromatic heterocycles. The van der Waals surface area contributed by atoms with E-state index >= 15 is 0 Å². The quantitative estimate of drug-likeness (QED) is 0.902. The van der Waals surface area contributed by atoms with Gasteiger partial charge in [-0.2, -0.15) is 5.26 Å². The number of nitriles is 1. The number of rotatable bonds is 4. The molecule has 0 saturated carbocycles. The van der Waals surface area contributed by atoms with Gasteiger partial charge >= 0.3 is 0 Å². The topological polar surface area (TPSA) is 82.0 Å². The van der Waals surface area contributed by atoms with Gasteiger partial charge in [0.1, 0.15) is 6.42 Å². The fourth-order valence-electron chi connectivity index (χ4n) is 1.74.